The molecule has 0 aliphatic rings. The molecule has 0 fully saturated rings. The van der Waals surface area contributed by atoms with E-state index in [-0.39, 0.29) is 4.90 Å². The van der Waals surface area contributed by atoms with Crippen molar-refractivity contribution < 1.29 is 13.0 Å². The first-order chi connectivity index (χ1) is 6.50. The van der Waals surface area contributed by atoms with E-state index in [1.54, 1.807) is 19.2 Å². The van der Waals surface area contributed by atoms with Crippen molar-refractivity contribution in [1.29, 1.82) is 0 Å². The Labute approximate surface area is 85.0 Å². The first-order valence-electron chi connectivity index (χ1n) is 3.80. The van der Waals surface area contributed by atoms with Crippen molar-refractivity contribution in [2.45, 2.75) is 11.8 Å². The topological polar surface area (TPSA) is 67.3 Å². The summed E-state index contributed by atoms with van der Waals surface area (Å²) < 4.78 is 31.8. The van der Waals surface area contributed by atoms with Crippen LogP contribution in [-0.4, -0.2) is 18.0 Å². The van der Waals surface area contributed by atoms with Gasteiger partial charge in [-0.1, -0.05) is 0 Å². The first kappa shape index (κ1) is 9.57. The second-order valence-corrected chi connectivity index (χ2v) is 5.15. The van der Waals surface area contributed by atoms with Crippen LogP contribution in [0.3, 0.4) is 0 Å². The van der Waals surface area contributed by atoms with Crippen LogP contribution < -0.4 is 0 Å². The fourth-order valence-corrected chi connectivity index (χ4v) is 3.38. The molecule has 0 aromatic carbocycles. The molecule has 2 heterocycles. The average Bonchev–Trinajstić information content (AvgIpc) is 2.47. The molecule has 0 saturated heterocycles. The molecular formula is C8H7NO3S2. The summed E-state index contributed by atoms with van der Waals surface area (Å²) in [4.78, 5) is 3.93. The highest BCUT2D eigenvalue weighted by Crippen LogP contribution is 2.30. The number of fused-ring (bicyclic) bond motifs is 1. The third-order valence-electron chi connectivity index (χ3n) is 1.92. The van der Waals surface area contributed by atoms with Crippen LogP contribution in [0.25, 0.3) is 10.1 Å². The summed E-state index contributed by atoms with van der Waals surface area (Å²) >= 11 is 1.28. The van der Waals surface area contributed by atoms with E-state index in [0.29, 0.717) is 11.1 Å². The van der Waals surface area contributed by atoms with Gasteiger partial charge in [0, 0.05) is 27.4 Å². The van der Waals surface area contributed by atoms with Crippen LogP contribution in [-0.2, 0) is 10.1 Å². The molecule has 0 aliphatic heterocycles. The maximum Gasteiger partial charge on any atom is 0.296 e. The first-order valence-corrected chi connectivity index (χ1v) is 6.12. The molecule has 0 aliphatic carbocycles. The Bertz CT molecular complexity index is 586. The Hall–Kier alpha value is -0.980. The van der Waals surface area contributed by atoms with Gasteiger partial charge >= 0.3 is 0 Å². The minimum absolute atomic E-state index is 0.0527. The van der Waals surface area contributed by atoms with Gasteiger partial charge in [0.05, 0.1) is 0 Å². The predicted octanol–water partition coefficient (Wildman–Crippen LogP) is 1.85. The van der Waals surface area contributed by atoms with E-state index in [0.717, 1.165) is 4.70 Å². The van der Waals surface area contributed by atoms with Crippen LogP contribution in [0.1, 0.15) is 5.69 Å². The van der Waals surface area contributed by atoms with E-state index < -0.39 is 10.1 Å². The summed E-state index contributed by atoms with van der Waals surface area (Å²) in [6.07, 6.45) is 1.61. The molecule has 2 aromatic rings. The quantitative estimate of drug-likeness (QED) is 0.758. The summed E-state index contributed by atoms with van der Waals surface area (Å²) in [5, 5.41) is 1.94. The van der Waals surface area contributed by atoms with E-state index in [1.807, 2.05) is 0 Å². The number of hydrogen-bond donors (Lipinski definition) is 1. The molecule has 0 unspecified atom stereocenters. The third kappa shape index (κ3) is 1.41. The van der Waals surface area contributed by atoms with Crippen molar-refractivity contribution in [2.24, 2.45) is 0 Å². The molecule has 74 valence electrons. The van der Waals surface area contributed by atoms with Crippen LogP contribution in [0, 0.1) is 6.92 Å². The molecule has 0 saturated carbocycles. The molecule has 0 bridgehead atoms. The van der Waals surface area contributed by atoms with Crippen LogP contribution >= 0.6 is 11.3 Å². The van der Waals surface area contributed by atoms with Gasteiger partial charge in [0.25, 0.3) is 10.1 Å². The lowest BCUT2D eigenvalue weighted by Crippen LogP contribution is -1.97. The summed E-state index contributed by atoms with van der Waals surface area (Å²) in [6.45, 7) is 1.71. The van der Waals surface area contributed by atoms with Gasteiger partial charge in [0.1, 0.15) is 4.90 Å². The number of nitrogens with zero attached hydrogens (tertiary/aromatic N) is 1. The van der Waals surface area contributed by atoms with Crippen molar-refractivity contribution in [3.63, 3.8) is 0 Å². The fourth-order valence-electron chi connectivity index (χ4n) is 1.31. The zero-order valence-electron chi connectivity index (χ0n) is 7.26. The second kappa shape index (κ2) is 3.01. The lowest BCUT2D eigenvalue weighted by molar-refractivity contribution is 0.484. The van der Waals surface area contributed by atoms with E-state index in [4.69, 9.17) is 4.55 Å². The Kier molecular flexibility index (Phi) is 2.06. The van der Waals surface area contributed by atoms with Gasteiger partial charge in [-0.15, -0.1) is 11.3 Å². The molecule has 0 amide bonds. The summed E-state index contributed by atoms with van der Waals surface area (Å²) in [6, 6.07) is 1.72. The Morgan fingerprint density at radius 3 is 2.86 bits per heavy atom. The highest BCUT2D eigenvalue weighted by Gasteiger charge is 2.17. The van der Waals surface area contributed by atoms with Gasteiger partial charge in [-0.2, -0.15) is 8.42 Å². The van der Waals surface area contributed by atoms with Crippen molar-refractivity contribution in [3.8, 4) is 0 Å². The van der Waals surface area contributed by atoms with E-state index in [1.165, 1.54) is 16.7 Å². The molecule has 4 nitrogen and oxygen atoms in total. The molecule has 1 N–H and O–H groups in total. The minimum atomic E-state index is -4.14. The number of aromatic nitrogens is 1. The van der Waals surface area contributed by atoms with Gasteiger partial charge in [0.15, 0.2) is 0 Å². The molecule has 0 atom stereocenters. The van der Waals surface area contributed by atoms with Crippen LogP contribution in [0.5, 0.6) is 0 Å². The Balaban J connectivity index is 2.94. The highest BCUT2D eigenvalue weighted by molar-refractivity contribution is 7.86. The zero-order valence-corrected chi connectivity index (χ0v) is 8.89. The van der Waals surface area contributed by atoms with Crippen LogP contribution in [0.4, 0.5) is 0 Å². The Morgan fingerprint density at radius 2 is 2.21 bits per heavy atom. The van der Waals surface area contributed by atoms with E-state index in [2.05, 4.69) is 4.98 Å². The summed E-state index contributed by atoms with van der Waals surface area (Å²) in [5.74, 6) is 0. The fraction of sp³-hybridized carbons (Fsp3) is 0.125. The van der Waals surface area contributed by atoms with Gasteiger partial charge in [0.2, 0.25) is 0 Å². The van der Waals surface area contributed by atoms with Gasteiger partial charge in [-0.25, -0.2) is 0 Å². The second-order valence-electron chi connectivity index (χ2n) is 2.84. The number of rotatable bonds is 1. The van der Waals surface area contributed by atoms with Crippen LogP contribution in [0.15, 0.2) is 22.5 Å². The lowest BCUT2D eigenvalue weighted by atomic mass is 10.2. The van der Waals surface area contributed by atoms with Gasteiger partial charge in [-0.05, 0) is 13.0 Å². The molecule has 2 aromatic heterocycles. The standard InChI is InChI=1S/C8H7NO3S2/c1-5-8-6(2-3-9-5)13-4-7(8)14(10,11)12/h2-4H,1H3,(H,10,11,12). The predicted molar refractivity (Wildman–Crippen MR) is 54.2 cm³/mol. The zero-order chi connectivity index (χ0) is 10.3. The monoisotopic (exact) mass is 229 g/mol. The van der Waals surface area contributed by atoms with Crippen molar-refractivity contribution in [2.75, 3.05) is 0 Å². The van der Waals surface area contributed by atoms with E-state index >= 15 is 0 Å². The number of aryl methyl sites for hydroxylation is 1. The lowest BCUT2D eigenvalue weighted by Gasteiger charge is -1.97. The number of hydrogen-bond acceptors (Lipinski definition) is 4. The van der Waals surface area contributed by atoms with Crippen molar-refractivity contribution in [3.05, 3.63) is 23.3 Å². The number of pyridine rings is 1. The molecule has 2 rings (SSSR count). The third-order valence-corrected chi connectivity index (χ3v) is 3.89. The smallest absolute Gasteiger partial charge is 0.282 e. The molecular weight excluding hydrogens is 222 g/mol. The van der Waals surface area contributed by atoms with Crippen LogP contribution in [0.2, 0.25) is 0 Å². The van der Waals surface area contributed by atoms with E-state index in [9.17, 15) is 8.42 Å². The highest BCUT2D eigenvalue weighted by atomic mass is 32.2. The molecule has 0 spiro atoms. The maximum atomic E-state index is 11.0. The van der Waals surface area contributed by atoms with Gasteiger partial charge < -0.3 is 0 Å². The number of thiophene rings is 1. The minimum Gasteiger partial charge on any atom is -0.282 e. The molecule has 14 heavy (non-hydrogen) atoms. The maximum absolute atomic E-state index is 11.0. The SMILES string of the molecule is Cc1nccc2scc(S(=O)(=O)O)c12. The summed E-state index contributed by atoms with van der Waals surface area (Å²) in [5.41, 5.74) is 0.608. The molecule has 0 radical (unpaired) electrons. The molecule has 6 heteroatoms. The largest absolute Gasteiger partial charge is 0.296 e. The Morgan fingerprint density at radius 1 is 1.50 bits per heavy atom. The van der Waals surface area contributed by atoms with Gasteiger partial charge in [-0.3, -0.25) is 9.54 Å². The van der Waals surface area contributed by atoms with Crippen molar-refractivity contribution in [1.82, 2.24) is 4.98 Å². The normalized spacial score (nSPS) is 12.1. The van der Waals surface area contributed by atoms with Crippen molar-refractivity contribution >= 4 is 31.5 Å². The average molecular weight is 229 g/mol. The summed E-state index contributed by atoms with van der Waals surface area (Å²) in [7, 11) is -4.14.